The van der Waals surface area contributed by atoms with Crippen molar-refractivity contribution in [2.75, 3.05) is 7.11 Å². The first-order valence-electron chi connectivity index (χ1n) is 14.4. The number of esters is 1. The van der Waals surface area contributed by atoms with Crippen LogP contribution in [-0.4, -0.2) is 36.0 Å². The Morgan fingerprint density at radius 1 is 1.03 bits per heavy atom. The van der Waals surface area contributed by atoms with Gasteiger partial charge in [0.15, 0.2) is 0 Å². The third-order valence-corrected chi connectivity index (χ3v) is 11.6. The summed E-state index contributed by atoms with van der Waals surface area (Å²) < 4.78 is 11.7. The van der Waals surface area contributed by atoms with Crippen LogP contribution >= 0.6 is 0 Å². The number of ether oxygens (including phenoxy) is 2. The van der Waals surface area contributed by atoms with Crippen LogP contribution in [0.5, 0.6) is 0 Å². The van der Waals surface area contributed by atoms with Crippen molar-refractivity contribution in [1.82, 2.24) is 0 Å². The minimum Gasteiger partial charge on any atom is -0.462 e. The summed E-state index contributed by atoms with van der Waals surface area (Å²) in [5, 5.41) is 12.2. The van der Waals surface area contributed by atoms with Gasteiger partial charge in [0.2, 0.25) is 0 Å². The number of carbonyl (C=O) groups excluding carboxylic acids is 1. The van der Waals surface area contributed by atoms with E-state index in [0.29, 0.717) is 23.7 Å². The molecule has 10 atom stereocenters. The minimum atomic E-state index is -0.919. The van der Waals surface area contributed by atoms with Crippen LogP contribution in [0.3, 0.4) is 0 Å². The van der Waals surface area contributed by atoms with Crippen LogP contribution in [-0.2, 0) is 14.3 Å². The van der Waals surface area contributed by atoms with Gasteiger partial charge in [0.25, 0.3) is 0 Å². The number of hydrogen-bond donors (Lipinski definition) is 1. The Morgan fingerprint density at radius 2 is 1.76 bits per heavy atom. The molecule has 4 saturated carbocycles. The van der Waals surface area contributed by atoms with E-state index in [1.807, 2.05) is 0 Å². The standard InChI is InChI=1S/C30H52O4/c1-19(2)9-8-10-20(3)24-11-12-25-23-17-27(33-7)30(32)18-22(34-21(4)31)13-16-29(30,6)26(23)14-15-28(24,25)5/h19-20,22-27,32H,8-18H2,1-7H3/t20-,22-,23-,24-,25+,26+,27-,28+,29+,30+/m1/s1. The maximum atomic E-state index is 12.2. The number of carbonyl (C=O) groups is 1. The summed E-state index contributed by atoms with van der Waals surface area (Å²) in [5.74, 6) is 4.11. The zero-order chi connectivity index (χ0) is 24.9. The second-order valence-electron chi connectivity index (χ2n) is 13.7. The van der Waals surface area contributed by atoms with E-state index in [2.05, 4.69) is 34.6 Å². The summed E-state index contributed by atoms with van der Waals surface area (Å²) in [6, 6.07) is 0. The first kappa shape index (κ1) is 26.5. The molecule has 0 aliphatic heterocycles. The number of aliphatic hydroxyl groups is 1. The van der Waals surface area contributed by atoms with Gasteiger partial charge in [0.05, 0.1) is 11.7 Å². The molecule has 0 bridgehead atoms. The average Bonchev–Trinajstić information content (AvgIpc) is 3.11. The fraction of sp³-hybridized carbons (Fsp3) is 0.967. The molecule has 0 aromatic carbocycles. The maximum Gasteiger partial charge on any atom is 0.302 e. The van der Waals surface area contributed by atoms with E-state index in [-0.39, 0.29) is 23.6 Å². The molecule has 0 saturated heterocycles. The number of methoxy groups -OCH3 is 1. The van der Waals surface area contributed by atoms with Crippen LogP contribution < -0.4 is 0 Å². The van der Waals surface area contributed by atoms with Crippen molar-refractivity contribution in [2.24, 2.45) is 46.3 Å². The lowest BCUT2D eigenvalue weighted by Gasteiger charge is -2.66. The van der Waals surface area contributed by atoms with Gasteiger partial charge < -0.3 is 14.6 Å². The molecule has 4 rings (SSSR count). The van der Waals surface area contributed by atoms with Gasteiger partial charge in [0.1, 0.15) is 6.10 Å². The molecule has 0 heterocycles. The van der Waals surface area contributed by atoms with Gasteiger partial charge in [-0.3, -0.25) is 4.79 Å². The molecule has 4 heteroatoms. The van der Waals surface area contributed by atoms with Crippen molar-refractivity contribution in [3.05, 3.63) is 0 Å². The first-order chi connectivity index (χ1) is 16.0. The molecule has 0 unspecified atom stereocenters. The molecular formula is C30H52O4. The molecule has 1 N–H and O–H groups in total. The van der Waals surface area contributed by atoms with Crippen molar-refractivity contribution in [3.8, 4) is 0 Å². The normalized spacial score (nSPS) is 47.0. The largest absolute Gasteiger partial charge is 0.462 e. The predicted molar refractivity (Wildman–Crippen MR) is 136 cm³/mol. The quantitative estimate of drug-likeness (QED) is 0.412. The lowest BCUT2D eigenvalue weighted by molar-refractivity contribution is -0.271. The zero-order valence-corrected chi connectivity index (χ0v) is 23.1. The van der Waals surface area contributed by atoms with Crippen molar-refractivity contribution in [1.29, 1.82) is 0 Å². The zero-order valence-electron chi connectivity index (χ0n) is 23.1. The molecule has 0 aromatic rings. The third kappa shape index (κ3) is 4.27. The first-order valence-corrected chi connectivity index (χ1v) is 14.4. The van der Waals surface area contributed by atoms with E-state index in [1.165, 1.54) is 51.9 Å². The molecule has 0 amide bonds. The molecule has 0 radical (unpaired) electrons. The predicted octanol–water partition coefficient (Wildman–Crippen LogP) is 6.78. The summed E-state index contributed by atoms with van der Waals surface area (Å²) in [6.45, 7) is 13.6. The lowest BCUT2D eigenvalue weighted by Crippen LogP contribution is -2.69. The molecule has 0 aromatic heterocycles. The number of rotatable bonds is 7. The fourth-order valence-corrected chi connectivity index (χ4v) is 9.87. The summed E-state index contributed by atoms with van der Waals surface area (Å²) in [7, 11) is 1.77. The molecule has 0 spiro atoms. The van der Waals surface area contributed by atoms with E-state index in [0.717, 1.165) is 42.9 Å². The SMILES string of the molecule is CO[C@@H]1C[C@@H]2[C@@H]3CC[C@H]([C@H](C)CCCC(C)C)[C@]3(C)CC[C@@H]2[C@]2(C)CC[C@@H](OC(C)=O)C[C@]12O. The Morgan fingerprint density at radius 3 is 2.41 bits per heavy atom. The van der Waals surface area contributed by atoms with Gasteiger partial charge in [0, 0.05) is 25.9 Å². The van der Waals surface area contributed by atoms with E-state index in [9.17, 15) is 9.90 Å². The second kappa shape index (κ2) is 9.69. The van der Waals surface area contributed by atoms with Crippen LogP contribution in [0, 0.1) is 46.3 Å². The third-order valence-electron chi connectivity index (χ3n) is 11.6. The monoisotopic (exact) mass is 476 g/mol. The summed E-state index contributed by atoms with van der Waals surface area (Å²) >= 11 is 0. The van der Waals surface area contributed by atoms with Crippen LogP contribution in [0.4, 0.5) is 0 Å². The molecule has 4 aliphatic carbocycles. The van der Waals surface area contributed by atoms with Gasteiger partial charge in [-0.1, -0.05) is 53.9 Å². The van der Waals surface area contributed by atoms with Gasteiger partial charge in [-0.05, 0) is 85.9 Å². The average molecular weight is 477 g/mol. The summed E-state index contributed by atoms with van der Waals surface area (Å²) in [5.41, 5.74) is -0.663. The Balaban J connectivity index is 1.54. The highest BCUT2D eigenvalue weighted by atomic mass is 16.5. The van der Waals surface area contributed by atoms with Crippen LogP contribution in [0.2, 0.25) is 0 Å². The Bertz CT molecular complexity index is 735. The molecular weight excluding hydrogens is 424 g/mol. The van der Waals surface area contributed by atoms with E-state index in [1.54, 1.807) is 7.11 Å². The van der Waals surface area contributed by atoms with Gasteiger partial charge >= 0.3 is 5.97 Å². The Kier molecular flexibility index (Phi) is 7.54. The summed E-state index contributed by atoms with van der Waals surface area (Å²) in [6.07, 6.45) is 12.2. The molecule has 4 fully saturated rings. The fourth-order valence-electron chi connectivity index (χ4n) is 9.87. The highest BCUT2D eigenvalue weighted by Gasteiger charge is 2.68. The summed E-state index contributed by atoms with van der Waals surface area (Å²) in [4.78, 5) is 11.6. The van der Waals surface area contributed by atoms with Crippen molar-refractivity contribution >= 4 is 5.97 Å². The molecule has 34 heavy (non-hydrogen) atoms. The van der Waals surface area contributed by atoms with Crippen LogP contribution in [0.15, 0.2) is 0 Å². The molecule has 4 nitrogen and oxygen atoms in total. The van der Waals surface area contributed by atoms with Gasteiger partial charge in [-0.15, -0.1) is 0 Å². The number of fused-ring (bicyclic) bond motifs is 5. The number of hydrogen-bond acceptors (Lipinski definition) is 4. The Hall–Kier alpha value is -0.610. The van der Waals surface area contributed by atoms with E-state index < -0.39 is 5.60 Å². The van der Waals surface area contributed by atoms with Crippen molar-refractivity contribution in [2.45, 2.75) is 130 Å². The van der Waals surface area contributed by atoms with Crippen molar-refractivity contribution in [3.63, 3.8) is 0 Å². The smallest absolute Gasteiger partial charge is 0.302 e. The minimum absolute atomic E-state index is 0.171. The maximum absolute atomic E-state index is 12.2. The van der Waals surface area contributed by atoms with E-state index >= 15 is 0 Å². The van der Waals surface area contributed by atoms with Crippen LogP contribution in [0.1, 0.15) is 112 Å². The second-order valence-corrected chi connectivity index (χ2v) is 13.7. The van der Waals surface area contributed by atoms with Crippen molar-refractivity contribution < 1.29 is 19.4 Å². The topological polar surface area (TPSA) is 55.8 Å². The Labute approximate surface area is 208 Å². The van der Waals surface area contributed by atoms with Gasteiger partial charge in [-0.25, -0.2) is 0 Å². The molecule has 196 valence electrons. The molecule has 4 aliphatic rings. The lowest BCUT2D eigenvalue weighted by atomic mass is 9.42. The highest BCUT2D eigenvalue weighted by molar-refractivity contribution is 5.66. The van der Waals surface area contributed by atoms with Crippen LogP contribution in [0.25, 0.3) is 0 Å². The van der Waals surface area contributed by atoms with E-state index in [4.69, 9.17) is 9.47 Å². The van der Waals surface area contributed by atoms with Gasteiger partial charge in [-0.2, -0.15) is 0 Å². The highest BCUT2D eigenvalue weighted by Crippen LogP contribution is 2.69.